The first-order chi connectivity index (χ1) is 13.4. The Balaban J connectivity index is 2.19. The zero-order valence-electron chi connectivity index (χ0n) is 15.7. The van der Waals surface area contributed by atoms with Crippen LogP contribution in [0.5, 0.6) is 0 Å². The zero-order valence-corrected chi connectivity index (χ0v) is 15.7. The molecule has 0 amide bonds. The Kier molecular flexibility index (Phi) is 6.30. The third-order valence-electron chi connectivity index (χ3n) is 4.94. The molecular weight excluding hydrogens is 376 g/mol. The van der Waals surface area contributed by atoms with Crippen LogP contribution in [-0.2, 0) is 34.5 Å². The van der Waals surface area contributed by atoms with Crippen molar-refractivity contribution >= 4 is 5.97 Å². The summed E-state index contributed by atoms with van der Waals surface area (Å²) in [5.41, 5.74) is -2.98. The molecule has 156 valence electrons. The largest absolute Gasteiger partial charge is 0.457 e. The number of ether oxygens (including phenoxy) is 3. The molecule has 0 bridgehead atoms. The Hall–Kier alpha value is -2.05. The summed E-state index contributed by atoms with van der Waals surface area (Å²) in [5, 5.41) is 9.83. The van der Waals surface area contributed by atoms with Crippen molar-refractivity contribution < 1.29 is 33.9 Å². The standard InChI is InChI=1S/C17H24N2O9/c1-10(21)26-14-11(9-20)27-17(15(14)28-24-2,12-5-3-4-8-25-12)19-7-6-13(22)18-16(19)23/h6-7,11-12,14-15,20H,3-5,8-9H2,1-2H3,(H,18,22,23)/t11-,12?,14-,15-,17-/m1/s1. The van der Waals surface area contributed by atoms with Crippen LogP contribution >= 0.6 is 0 Å². The molecular formula is C17H24N2O9. The number of H-pyrrole nitrogens is 1. The van der Waals surface area contributed by atoms with Crippen LogP contribution in [0.3, 0.4) is 0 Å². The first-order valence-electron chi connectivity index (χ1n) is 9.03. The van der Waals surface area contributed by atoms with Crippen molar-refractivity contribution in [2.24, 2.45) is 0 Å². The molecule has 2 aliphatic heterocycles. The Morgan fingerprint density at radius 2 is 2.21 bits per heavy atom. The van der Waals surface area contributed by atoms with Gasteiger partial charge in [-0.1, -0.05) is 0 Å². The number of carbonyl (C=O) groups is 1. The van der Waals surface area contributed by atoms with Crippen LogP contribution in [0.1, 0.15) is 26.2 Å². The molecule has 1 aromatic heterocycles. The maximum absolute atomic E-state index is 12.7. The van der Waals surface area contributed by atoms with Gasteiger partial charge in [0.15, 0.2) is 12.2 Å². The predicted octanol–water partition coefficient (Wildman–Crippen LogP) is -0.972. The van der Waals surface area contributed by atoms with Crippen LogP contribution in [0.4, 0.5) is 0 Å². The number of rotatable bonds is 6. The van der Waals surface area contributed by atoms with Gasteiger partial charge in [-0.3, -0.25) is 19.1 Å². The summed E-state index contributed by atoms with van der Waals surface area (Å²) in [5.74, 6) is -0.620. The highest BCUT2D eigenvalue weighted by Crippen LogP contribution is 2.44. The minimum absolute atomic E-state index is 0.426. The second-order valence-corrected chi connectivity index (χ2v) is 6.68. The van der Waals surface area contributed by atoms with Gasteiger partial charge in [0.05, 0.1) is 13.7 Å². The predicted molar refractivity (Wildman–Crippen MR) is 92.3 cm³/mol. The van der Waals surface area contributed by atoms with Crippen LogP contribution in [0.15, 0.2) is 21.9 Å². The van der Waals surface area contributed by atoms with Gasteiger partial charge in [-0.05, 0) is 19.3 Å². The molecule has 1 unspecified atom stereocenters. The highest BCUT2D eigenvalue weighted by atomic mass is 17.2. The van der Waals surface area contributed by atoms with Crippen molar-refractivity contribution in [2.45, 2.75) is 56.3 Å². The van der Waals surface area contributed by atoms with Crippen molar-refractivity contribution in [3.63, 3.8) is 0 Å². The minimum atomic E-state index is -1.63. The molecule has 3 rings (SSSR count). The van der Waals surface area contributed by atoms with E-state index in [1.807, 2.05) is 0 Å². The van der Waals surface area contributed by atoms with Gasteiger partial charge >= 0.3 is 11.7 Å². The number of nitrogens with zero attached hydrogens (tertiary/aromatic N) is 1. The second-order valence-electron chi connectivity index (χ2n) is 6.68. The third kappa shape index (κ3) is 3.63. The lowest BCUT2D eigenvalue weighted by molar-refractivity contribution is -0.360. The van der Waals surface area contributed by atoms with Gasteiger partial charge in [0.1, 0.15) is 12.2 Å². The molecule has 0 spiro atoms. The maximum atomic E-state index is 12.7. The van der Waals surface area contributed by atoms with Gasteiger partial charge in [0, 0.05) is 25.8 Å². The van der Waals surface area contributed by atoms with E-state index in [2.05, 4.69) is 4.98 Å². The van der Waals surface area contributed by atoms with E-state index in [-0.39, 0.29) is 0 Å². The fourth-order valence-electron chi connectivity index (χ4n) is 3.87. The molecule has 2 N–H and O–H groups in total. The van der Waals surface area contributed by atoms with Crippen LogP contribution in [0.2, 0.25) is 0 Å². The van der Waals surface area contributed by atoms with E-state index in [0.717, 1.165) is 23.5 Å². The fourth-order valence-corrected chi connectivity index (χ4v) is 3.87. The molecule has 0 radical (unpaired) electrons. The van der Waals surface area contributed by atoms with Crippen LogP contribution in [0, 0.1) is 0 Å². The van der Waals surface area contributed by atoms with Gasteiger partial charge in [-0.2, -0.15) is 0 Å². The summed E-state index contributed by atoms with van der Waals surface area (Å²) in [4.78, 5) is 48.3. The molecule has 2 aliphatic rings. The molecule has 0 aliphatic carbocycles. The maximum Gasteiger partial charge on any atom is 0.330 e. The normalized spacial score (nSPS) is 33.0. The van der Waals surface area contributed by atoms with E-state index in [9.17, 15) is 19.5 Å². The Labute approximate surface area is 160 Å². The van der Waals surface area contributed by atoms with E-state index in [1.54, 1.807) is 0 Å². The van der Waals surface area contributed by atoms with Gasteiger partial charge in [0.25, 0.3) is 5.56 Å². The average molecular weight is 400 g/mol. The van der Waals surface area contributed by atoms with Gasteiger partial charge in [-0.25, -0.2) is 14.6 Å². The third-order valence-corrected chi connectivity index (χ3v) is 4.94. The monoisotopic (exact) mass is 400 g/mol. The zero-order chi connectivity index (χ0) is 20.3. The summed E-state index contributed by atoms with van der Waals surface area (Å²) >= 11 is 0. The number of aliphatic hydroxyl groups is 1. The van der Waals surface area contributed by atoms with Crippen molar-refractivity contribution in [1.29, 1.82) is 0 Å². The lowest BCUT2D eigenvalue weighted by Crippen LogP contribution is -2.60. The lowest BCUT2D eigenvalue weighted by Gasteiger charge is -2.42. The Morgan fingerprint density at radius 3 is 2.79 bits per heavy atom. The number of aliphatic hydroxyl groups excluding tert-OH is 1. The topological polar surface area (TPSA) is 138 Å². The van der Waals surface area contributed by atoms with Crippen LogP contribution in [-0.4, -0.2) is 65.4 Å². The van der Waals surface area contributed by atoms with E-state index in [1.165, 1.54) is 20.2 Å². The first-order valence-corrected chi connectivity index (χ1v) is 9.03. The van der Waals surface area contributed by atoms with Crippen molar-refractivity contribution in [3.05, 3.63) is 33.1 Å². The minimum Gasteiger partial charge on any atom is -0.457 e. The van der Waals surface area contributed by atoms with Gasteiger partial charge < -0.3 is 19.3 Å². The number of carbonyl (C=O) groups excluding carboxylic acids is 1. The van der Waals surface area contributed by atoms with Crippen LogP contribution in [0.25, 0.3) is 0 Å². The number of hydrogen-bond acceptors (Lipinski definition) is 9. The van der Waals surface area contributed by atoms with Crippen molar-refractivity contribution in [1.82, 2.24) is 9.55 Å². The van der Waals surface area contributed by atoms with Crippen molar-refractivity contribution in [3.8, 4) is 0 Å². The molecule has 2 fully saturated rings. The average Bonchev–Trinajstić information content (AvgIpc) is 2.97. The van der Waals surface area contributed by atoms with Gasteiger partial charge in [0.2, 0.25) is 5.72 Å². The van der Waals surface area contributed by atoms with E-state index in [0.29, 0.717) is 13.0 Å². The molecule has 1 aromatic rings. The highest BCUT2D eigenvalue weighted by molar-refractivity contribution is 5.66. The molecule has 11 heteroatoms. The van der Waals surface area contributed by atoms with E-state index >= 15 is 0 Å². The summed E-state index contributed by atoms with van der Waals surface area (Å²) in [6.07, 6.45) is -0.504. The fraction of sp³-hybridized carbons (Fsp3) is 0.706. The molecule has 11 nitrogen and oxygen atoms in total. The van der Waals surface area contributed by atoms with E-state index in [4.69, 9.17) is 24.0 Å². The summed E-state index contributed by atoms with van der Waals surface area (Å²) < 4.78 is 18.5. The molecule has 0 saturated carbocycles. The summed E-state index contributed by atoms with van der Waals surface area (Å²) in [6.45, 7) is 1.13. The van der Waals surface area contributed by atoms with Crippen molar-refractivity contribution in [2.75, 3.05) is 20.3 Å². The Morgan fingerprint density at radius 1 is 1.43 bits per heavy atom. The first kappa shape index (κ1) is 20.7. The van der Waals surface area contributed by atoms with Crippen LogP contribution < -0.4 is 11.2 Å². The smallest absolute Gasteiger partial charge is 0.330 e. The number of nitrogens with one attached hydrogen (secondary N) is 1. The highest BCUT2D eigenvalue weighted by Gasteiger charge is 2.64. The van der Waals surface area contributed by atoms with Gasteiger partial charge in [-0.15, -0.1) is 0 Å². The quantitative estimate of drug-likeness (QED) is 0.351. The second kappa shape index (κ2) is 8.53. The number of esters is 1. The number of aromatic amines is 1. The Bertz CT molecular complexity index is 800. The summed E-state index contributed by atoms with van der Waals surface area (Å²) in [6, 6.07) is 1.16. The molecule has 5 atom stereocenters. The number of hydrogen-bond donors (Lipinski definition) is 2. The molecule has 0 aromatic carbocycles. The summed E-state index contributed by atoms with van der Waals surface area (Å²) in [7, 11) is 1.26. The molecule has 28 heavy (non-hydrogen) atoms. The molecule has 3 heterocycles. The number of aromatic nitrogens is 2. The molecule has 2 saturated heterocycles. The van der Waals surface area contributed by atoms with E-state index < -0.39 is 54.0 Å². The SMILES string of the molecule is COO[C@@H]1[C@H](OC(C)=O)[C@@H](CO)O[C@@]1(C1CCCCO1)n1ccc(=O)[nH]c1=O. The lowest BCUT2D eigenvalue weighted by atomic mass is 9.91.